The summed E-state index contributed by atoms with van der Waals surface area (Å²) in [6.07, 6.45) is 0. The highest BCUT2D eigenvalue weighted by atomic mass is 79.9. The van der Waals surface area contributed by atoms with Crippen LogP contribution in [0, 0.1) is 11.6 Å². The molecule has 0 saturated heterocycles. The summed E-state index contributed by atoms with van der Waals surface area (Å²) < 4.78 is 32.8. The van der Waals surface area contributed by atoms with Gasteiger partial charge in [-0.25, -0.2) is 8.78 Å². The summed E-state index contributed by atoms with van der Waals surface area (Å²) in [7, 11) is 0. The molecule has 0 aliphatic rings. The van der Waals surface area contributed by atoms with Crippen LogP contribution in [-0.4, -0.2) is 11.0 Å². The Morgan fingerprint density at radius 2 is 2.00 bits per heavy atom. The zero-order valence-electron chi connectivity index (χ0n) is 9.98. The van der Waals surface area contributed by atoms with Crippen molar-refractivity contribution in [2.24, 2.45) is 10.9 Å². The predicted octanol–water partition coefficient (Wildman–Crippen LogP) is 3.61. The fraction of sp³-hybridized carbons (Fsp3) is 0. The van der Waals surface area contributed by atoms with Crippen molar-refractivity contribution in [3.05, 3.63) is 58.1 Å². The standard InChI is InChI=1S/C13H9BrF2N2O2/c14-7-4-8(15)6-9(5-7)20-11-3-1-2-10(16)12(11)13(17)18-19/h1-6,19H,(H2,17,18). The van der Waals surface area contributed by atoms with Gasteiger partial charge in [-0.3, -0.25) is 0 Å². The Labute approximate surface area is 121 Å². The molecule has 0 unspecified atom stereocenters. The van der Waals surface area contributed by atoms with Crippen molar-refractivity contribution in [3.8, 4) is 11.5 Å². The van der Waals surface area contributed by atoms with Crippen LogP contribution in [0.25, 0.3) is 0 Å². The number of nitrogens with zero attached hydrogens (tertiary/aromatic N) is 1. The number of rotatable bonds is 3. The molecular weight excluding hydrogens is 334 g/mol. The van der Waals surface area contributed by atoms with Gasteiger partial charge in [-0.15, -0.1) is 0 Å². The molecular formula is C13H9BrF2N2O2. The summed E-state index contributed by atoms with van der Waals surface area (Å²) in [5.41, 5.74) is 5.21. The maximum absolute atomic E-state index is 13.7. The fourth-order valence-corrected chi connectivity index (χ4v) is 2.05. The minimum atomic E-state index is -0.715. The van der Waals surface area contributed by atoms with Crippen LogP contribution in [-0.2, 0) is 0 Å². The van der Waals surface area contributed by atoms with Crippen LogP contribution in [0.4, 0.5) is 8.78 Å². The molecule has 0 heterocycles. The minimum Gasteiger partial charge on any atom is -0.456 e. The van der Waals surface area contributed by atoms with E-state index in [2.05, 4.69) is 21.1 Å². The second kappa shape index (κ2) is 5.87. The first-order valence-corrected chi connectivity index (χ1v) is 6.21. The molecule has 0 atom stereocenters. The van der Waals surface area contributed by atoms with E-state index in [4.69, 9.17) is 15.7 Å². The Kier molecular flexibility index (Phi) is 4.19. The van der Waals surface area contributed by atoms with Crippen molar-refractivity contribution in [2.45, 2.75) is 0 Å². The average Bonchev–Trinajstić information content (AvgIpc) is 2.37. The first-order valence-electron chi connectivity index (χ1n) is 5.41. The molecule has 0 saturated carbocycles. The molecule has 3 N–H and O–H groups in total. The van der Waals surface area contributed by atoms with E-state index in [0.29, 0.717) is 4.47 Å². The van der Waals surface area contributed by atoms with Crippen molar-refractivity contribution in [3.63, 3.8) is 0 Å². The Morgan fingerprint density at radius 1 is 1.25 bits per heavy atom. The van der Waals surface area contributed by atoms with Crippen LogP contribution < -0.4 is 10.5 Å². The van der Waals surface area contributed by atoms with Crippen LogP contribution >= 0.6 is 15.9 Å². The molecule has 0 aliphatic heterocycles. The third-order valence-electron chi connectivity index (χ3n) is 2.40. The predicted molar refractivity (Wildman–Crippen MR) is 73.1 cm³/mol. The molecule has 7 heteroatoms. The van der Waals surface area contributed by atoms with Gasteiger partial charge in [0.05, 0.1) is 5.56 Å². The van der Waals surface area contributed by atoms with E-state index in [9.17, 15) is 8.78 Å². The van der Waals surface area contributed by atoms with Crippen LogP contribution in [0.15, 0.2) is 46.0 Å². The number of halogens is 3. The smallest absolute Gasteiger partial charge is 0.176 e. The molecule has 0 bridgehead atoms. The van der Waals surface area contributed by atoms with E-state index < -0.39 is 17.5 Å². The number of hydrogen-bond donors (Lipinski definition) is 2. The van der Waals surface area contributed by atoms with E-state index in [1.807, 2.05) is 0 Å². The monoisotopic (exact) mass is 342 g/mol. The van der Waals surface area contributed by atoms with Gasteiger partial charge in [-0.05, 0) is 24.3 Å². The molecule has 2 aromatic rings. The van der Waals surface area contributed by atoms with Crippen molar-refractivity contribution in [1.82, 2.24) is 0 Å². The van der Waals surface area contributed by atoms with Gasteiger partial charge in [0.25, 0.3) is 0 Å². The maximum atomic E-state index is 13.7. The Hall–Kier alpha value is -2.15. The second-order valence-electron chi connectivity index (χ2n) is 3.81. The van der Waals surface area contributed by atoms with Gasteiger partial charge in [0, 0.05) is 10.5 Å². The van der Waals surface area contributed by atoms with E-state index in [0.717, 1.165) is 12.1 Å². The van der Waals surface area contributed by atoms with Crippen molar-refractivity contribution in [2.75, 3.05) is 0 Å². The lowest BCUT2D eigenvalue weighted by atomic mass is 10.1. The Morgan fingerprint density at radius 3 is 2.65 bits per heavy atom. The summed E-state index contributed by atoms with van der Waals surface area (Å²) in [6.45, 7) is 0. The number of amidine groups is 1. The molecule has 2 aromatic carbocycles. The Balaban J connectivity index is 2.46. The highest BCUT2D eigenvalue weighted by molar-refractivity contribution is 9.10. The lowest BCUT2D eigenvalue weighted by molar-refractivity contribution is 0.318. The topological polar surface area (TPSA) is 67.8 Å². The zero-order valence-corrected chi connectivity index (χ0v) is 11.6. The number of hydrogen-bond acceptors (Lipinski definition) is 3. The first-order chi connectivity index (χ1) is 9.51. The van der Waals surface area contributed by atoms with Crippen molar-refractivity contribution in [1.29, 1.82) is 0 Å². The van der Waals surface area contributed by atoms with Crippen LogP contribution in [0.5, 0.6) is 11.5 Å². The quantitative estimate of drug-likeness (QED) is 0.387. The lowest BCUT2D eigenvalue weighted by Gasteiger charge is -2.11. The molecule has 0 aromatic heterocycles. The highest BCUT2D eigenvalue weighted by Crippen LogP contribution is 2.29. The van der Waals surface area contributed by atoms with Crippen LogP contribution in [0.2, 0.25) is 0 Å². The number of oxime groups is 1. The summed E-state index contributed by atoms with van der Waals surface area (Å²) in [4.78, 5) is 0. The number of ether oxygens (including phenoxy) is 1. The van der Waals surface area contributed by atoms with E-state index in [1.165, 1.54) is 24.3 Å². The molecule has 0 spiro atoms. The maximum Gasteiger partial charge on any atom is 0.176 e. The fourth-order valence-electron chi connectivity index (χ4n) is 1.60. The van der Waals surface area contributed by atoms with Gasteiger partial charge in [0.1, 0.15) is 23.1 Å². The van der Waals surface area contributed by atoms with Crippen LogP contribution in [0.1, 0.15) is 5.56 Å². The minimum absolute atomic E-state index is 0.0119. The number of nitrogens with two attached hydrogens (primary N) is 1. The molecule has 0 radical (unpaired) electrons. The summed E-state index contributed by atoms with van der Waals surface area (Å²) >= 11 is 3.12. The molecule has 20 heavy (non-hydrogen) atoms. The average molecular weight is 343 g/mol. The molecule has 104 valence electrons. The third kappa shape index (κ3) is 3.05. The van der Waals surface area contributed by atoms with E-state index in [1.54, 1.807) is 0 Å². The van der Waals surface area contributed by atoms with Gasteiger partial charge in [0.15, 0.2) is 5.84 Å². The zero-order chi connectivity index (χ0) is 14.7. The van der Waals surface area contributed by atoms with Crippen LogP contribution in [0.3, 0.4) is 0 Å². The molecule has 4 nitrogen and oxygen atoms in total. The van der Waals surface area contributed by atoms with Crippen molar-refractivity contribution >= 4 is 21.8 Å². The van der Waals surface area contributed by atoms with E-state index in [-0.39, 0.29) is 17.1 Å². The van der Waals surface area contributed by atoms with E-state index >= 15 is 0 Å². The molecule has 0 fully saturated rings. The molecule has 2 rings (SSSR count). The van der Waals surface area contributed by atoms with Gasteiger partial charge < -0.3 is 15.7 Å². The summed E-state index contributed by atoms with van der Waals surface area (Å²) in [5, 5.41) is 11.4. The molecule has 0 amide bonds. The lowest BCUT2D eigenvalue weighted by Crippen LogP contribution is -2.16. The van der Waals surface area contributed by atoms with Gasteiger partial charge in [-0.1, -0.05) is 27.2 Å². The normalized spacial score (nSPS) is 11.4. The van der Waals surface area contributed by atoms with Gasteiger partial charge >= 0.3 is 0 Å². The first kappa shape index (κ1) is 14.3. The number of benzene rings is 2. The largest absolute Gasteiger partial charge is 0.456 e. The summed E-state index contributed by atoms with van der Waals surface area (Å²) in [5.74, 6) is -1.51. The SMILES string of the molecule is N/C(=N/O)c1c(F)cccc1Oc1cc(F)cc(Br)c1. The van der Waals surface area contributed by atoms with Gasteiger partial charge in [0.2, 0.25) is 0 Å². The third-order valence-corrected chi connectivity index (χ3v) is 2.86. The van der Waals surface area contributed by atoms with Gasteiger partial charge in [-0.2, -0.15) is 0 Å². The Bertz CT molecular complexity index is 657. The van der Waals surface area contributed by atoms with Crippen molar-refractivity contribution < 1.29 is 18.7 Å². The molecule has 0 aliphatic carbocycles. The second-order valence-corrected chi connectivity index (χ2v) is 4.72. The highest BCUT2D eigenvalue weighted by Gasteiger charge is 2.15. The summed E-state index contributed by atoms with van der Waals surface area (Å²) in [6, 6.07) is 7.85.